The van der Waals surface area contributed by atoms with Crippen LogP contribution in [-0.2, 0) is 4.84 Å². The van der Waals surface area contributed by atoms with Crippen molar-refractivity contribution < 1.29 is 9.57 Å². The molecule has 0 fully saturated rings. The minimum absolute atomic E-state index is 0.178. The fourth-order valence-electron chi connectivity index (χ4n) is 3.99. The SMILES string of the molecule is COc1cccc(C2CC(c3c(-c4ccccc4)c4cc(Br)ccc4[nH]c3=O)=NO2)c1. The van der Waals surface area contributed by atoms with E-state index < -0.39 is 0 Å². The van der Waals surface area contributed by atoms with E-state index in [9.17, 15) is 4.79 Å². The third-order valence-corrected chi connectivity index (χ3v) is 5.95. The Morgan fingerprint density at radius 2 is 1.87 bits per heavy atom. The highest BCUT2D eigenvalue weighted by atomic mass is 79.9. The predicted octanol–water partition coefficient (Wildman–Crippen LogP) is 5.83. The number of halogens is 1. The van der Waals surface area contributed by atoms with E-state index in [1.807, 2.05) is 72.8 Å². The van der Waals surface area contributed by atoms with E-state index >= 15 is 0 Å². The van der Waals surface area contributed by atoms with Gasteiger partial charge in [-0.05, 0) is 41.5 Å². The normalized spacial score (nSPS) is 15.5. The summed E-state index contributed by atoms with van der Waals surface area (Å²) in [6.07, 6.45) is 0.224. The van der Waals surface area contributed by atoms with Crippen molar-refractivity contribution in [1.29, 1.82) is 0 Å². The van der Waals surface area contributed by atoms with E-state index in [1.54, 1.807) is 7.11 Å². The molecule has 5 nitrogen and oxygen atoms in total. The van der Waals surface area contributed by atoms with Crippen LogP contribution in [0.4, 0.5) is 0 Å². The van der Waals surface area contributed by atoms with Crippen molar-refractivity contribution in [2.75, 3.05) is 7.11 Å². The quantitative estimate of drug-likeness (QED) is 0.404. The van der Waals surface area contributed by atoms with Gasteiger partial charge in [0.2, 0.25) is 0 Å². The summed E-state index contributed by atoms with van der Waals surface area (Å²) in [5.41, 5.74) is 4.55. The van der Waals surface area contributed by atoms with Crippen LogP contribution in [0.1, 0.15) is 23.7 Å². The predicted molar refractivity (Wildman–Crippen MR) is 126 cm³/mol. The molecule has 0 radical (unpaired) electrons. The number of hydrogen-bond donors (Lipinski definition) is 1. The summed E-state index contributed by atoms with van der Waals surface area (Å²) >= 11 is 3.56. The zero-order chi connectivity index (χ0) is 21.4. The summed E-state index contributed by atoms with van der Waals surface area (Å²) in [6, 6.07) is 23.5. The van der Waals surface area contributed by atoms with Crippen molar-refractivity contribution in [3.05, 3.63) is 98.7 Å². The number of fused-ring (bicyclic) bond motifs is 1. The summed E-state index contributed by atoms with van der Waals surface area (Å²) in [5.74, 6) is 0.757. The second-order valence-corrected chi connectivity index (χ2v) is 8.29. The fraction of sp³-hybridized carbons (Fsp3) is 0.120. The molecule has 1 N–H and O–H groups in total. The molecule has 0 bridgehead atoms. The molecule has 5 rings (SSSR count). The Kier molecular flexibility index (Phi) is 5.08. The van der Waals surface area contributed by atoms with E-state index in [0.29, 0.717) is 17.7 Å². The van der Waals surface area contributed by atoms with Gasteiger partial charge in [-0.2, -0.15) is 0 Å². The number of rotatable bonds is 4. The molecule has 2 heterocycles. The van der Waals surface area contributed by atoms with E-state index in [4.69, 9.17) is 9.57 Å². The first kappa shape index (κ1) is 19.6. The van der Waals surface area contributed by atoms with E-state index in [0.717, 1.165) is 37.8 Å². The maximum absolute atomic E-state index is 13.2. The van der Waals surface area contributed by atoms with Gasteiger partial charge in [-0.15, -0.1) is 0 Å². The van der Waals surface area contributed by atoms with Crippen molar-refractivity contribution in [2.24, 2.45) is 5.16 Å². The van der Waals surface area contributed by atoms with Crippen LogP contribution in [0.3, 0.4) is 0 Å². The van der Waals surface area contributed by atoms with Crippen molar-refractivity contribution in [2.45, 2.75) is 12.5 Å². The van der Waals surface area contributed by atoms with Crippen LogP contribution < -0.4 is 10.3 Å². The van der Waals surface area contributed by atoms with Crippen molar-refractivity contribution >= 4 is 32.5 Å². The Hall–Kier alpha value is -3.38. The van der Waals surface area contributed by atoms with Gasteiger partial charge >= 0.3 is 0 Å². The minimum Gasteiger partial charge on any atom is -0.497 e. The topological polar surface area (TPSA) is 63.7 Å². The number of aromatic amines is 1. The lowest BCUT2D eigenvalue weighted by atomic mass is 9.91. The van der Waals surface area contributed by atoms with Crippen LogP contribution in [0.5, 0.6) is 5.75 Å². The average molecular weight is 475 g/mol. The van der Waals surface area contributed by atoms with Gasteiger partial charge in [-0.1, -0.05) is 63.6 Å². The molecule has 6 heteroatoms. The highest BCUT2D eigenvalue weighted by Gasteiger charge is 2.29. The van der Waals surface area contributed by atoms with Crippen LogP contribution in [-0.4, -0.2) is 17.8 Å². The second-order valence-electron chi connectivity index (χ2n) is 7.37. The monoisotopic (exact) mass is 474 g/mol. The molecule has 1 unspecified atom stereocenters. The summed E-state index contributed by atoms with van der Waals surface area (Å²) < 4.78 is 6.27. The Balaban J connectivity index is 1.65. The number of benzene rings is 3. The second kappa shape index (κ2) is 8.04. The number of pyridine rings is 1. The highest BCUT2D eigenvalue weighted by Crippen LogP contribution is 2.36. The summed E-state index contributed by atoms with van der Waals surface area (Å²) in [6.45, 7) is 0. The zero-order valence-electron chi connectivity index (χ0n) is 16.8. The fourth-order valence-corrected chi connectivity index (χ4v) is 4.35. The lowest BCUT2D eigenvalue weighted by Crippen LogP contribution is -2.20. The van der Waals surface area contributed by atoms with Crippen molar-refractivity contribution in [3.63, 3.8) is 0 Å². The number of hydrogen-bond acceptors (Lipinski definition) is 4. The third-order valence-electron chi connectivity index (χ3n) is 5.46. The Bertz CT molecular complexity index is 1360. The largest absolute Gasteiger partial charge is 0.497 e. The van der Waals surface area contributed by atoms with Gasteiger partial charge in [0.05, 0.1) is 18.4 Å². The van der Waals surface area contributed by atoms with Gasteiger partial charge in [-0.25, -0.2) is 0 Å². The van der Waals surface area contributed by atoms with Gasteiger partial charge in [0.1, 0.15) is 5.75 Å². The number of methoxy groups -OCH3 is 1. The molecule has 0 saturated carbocycles. The molecule has 1 atom stereocenters. The maximum atomic E-state index is 13.2. The smallest absolute Gasteiger partial charge is 0.258 e. The van der Waals surface area contributed by atoms with Gasteiger partial charge in [0, 0.05) is 27.4 Å². The van der Waals surface area contributed by atoms with Crippen molar-refractivity contribution in [3.8, 4) is 16.9 Å². The third kappa shape index (κ3) is 3.64. The molecule has 1 aliphatic heterocycles. The Morgan fingerprint density at radius 1 is 1.03 bits per heavy atom. The van der Waals surface area contributed by atoms with Gasteiger partial charge in [0.15, 0.2) is 6.10 Å². The van der Waals surface area contributed by atoms with E-state index in [-0.39, 0.29) is 11.7 Å². The Labute approximate surface area is 187 Å². The van der Waals surface area contributed by atoms with Crippen LogP contribution in [0.25, 0.3) is 22.0 Å². The highest BCUT2D eigenvalue weighted by molar-refractivity contribution is 9.10. The molecule has 0 spiro atoms. The number of ether oxygens (including phenoxy) is 1. The molecule has 1 aromatic heterocycles. The van der Waals surface area contributed by atoms with Crippen LogP contribution in [0.15, 0.2) is 87.2 Å². The van der Waals surface area contributed by atoms with Gasteiger partial charge in [-0.3, -0.25) is 4.79 Å². The van der Waals surface area contributed by atoms with Crippen molar-refractivity contribution in [1.82, 2.24) is 4.98 Å². The molecular formula is C25H19BrN2O3. The number of oxime groups is 1. The van der Waals surface area contributed by atoms with Crippen LogP contribution in [0, 0.1) is 0 Å². The first-order chi connectivity index (χ1) is 15.1. The molecule has 31 heavy (non-hydrogen) atoms. The molecule has 3 aromatic carbocycles. The minimum atomic E-state index is -0.272. The summed E-state index contributed by atoms with van der Waals surface area (Å²) in [4.78, 5) is 22.0. The molecule has 154 valence electrons. The first-order valence-electron chi connectivity index (χ1n) is 9.92. The van der Waals surface area contributed by atoms with Crippen LogP contribution in [0.2, 0.25) is 0 Å². The van der Waals surface area contributed by atoms with Crippen LogP contribution >= 0.6 is 15.9 Å². The molecule has 0 saturated heterocycles. The summed E-state index contributed by atoms with van der Waals surface area (Å²) in [5, 5.41) is 5.29. The molecule has 1 aliphatic rings. The van der Waals surface area contributed by atoms with E-state index in [1.165, 1.54) is 0 Å². The lowest BCUT2D eigenvalue weighted by molar-refractivity contribution is 0.0855. The first-order valence-corrected chi connectivity index (χ1v) is 10.7. The standard InChI is InChI=1S/C25H19BrN2O3/c1-30-18-9-5-8-16(12-18)22-14-21(28-31-22)24-23(15-6-3-2-4-7-15)19-13-17(26)10-11-20(19)27-25(24)29/h2-13,22H,14H2,1H3,(H,27,29). The van der Waals surface area contributed by atoms with Gasteiger partial charge < -0.3 is 14.6 Å². The summed E-state index contributed by atoms with van der Waals surface area (Å²) in [7, 11) is 1.63. The zero-order valence-corrected chi connectivity index (χ0v) is 18.3. The average Bonchev–Trinajstić information content (AvgIpc) is 3.29. The molecule has 0 amide bonds. The number of nitrogens with zero attached hydrogens (tertiary/aromatic N) is 1. The number of aromatic nitrogens is 1. The molecule has 4 aromatic rings. The molecule has 0 aliphatic carbocycles. The van der Waals surface area contributed by atoms with Gasteiger partial charge in [0.25, 0.3) is 5.56 Å². The molecular weight excluding hydrogens is 456 g/mol. The van der Waals surface area contributed by atoms with E-state index in [2.05, 4.69) is 26.1 Å². The lowest BCUT2D eigenvalue weighted by Gasteiger charge is -2.13. The maximum Gasteiger partial charge on any atom is 0.258 e. The Morgan fingerprint density at radius 3 is 2.68 bits per heavy atom. The number of nitrogens with one attached hydrogen (secondary N) is 1. The number of H-pyrrole nitrogens is 1.